The summed E-state index contributed by atoms with van der Waals surface area (Å²) in [5.74, 6) is 1.52. The smallest absolute Gasteiger partial charge is 0.189 e. The Kier molecular flexibility index (Phi) is 3.08. The minimum atomic E-state index is -0.112. The zero-order chi connectivity index (χ0) is 15.4. The topological polar surface area (TPSA) is 49.8 Å². The fourth-order valence-corrected chi connectivity index (χ4v) is 5.10. The highest BCUT2D eigenvalue weighted by atomic mass is 35.5. The molecule has 1 atom stereocenters. The molecule has 1 N–H and O–H groups in total. The van der Waals surface area contributed by atoms with Crippen LogP contribution in [0.4, 0.5) is 5.13 Å². The van der Waals surface area contributed by atoms with Crippen molar-refractivity contribution in [3.05, 3.63) is 23.2 Å². The number of anilines is 1. The van der Waals surface area contributed by atoms with Crippen LogP contribution in [-0.2, 0) is 4.84 Å². The summed E-state index contributed by atoms with van der Waals surface area (Å²) in [4.78, 5) is 13.0. The van der Waals surface area contributed by atoms with E-state index in [4.69, 9.17) is 16.4 Å². The summed E-state index contributed by atoms with van der Waals surface area (Å²) in [5, 5.41) is 9.25. The Morgan fingerprint density at radius 2 is 2.22 bits per heavy atom. The molecule has 3 saturated heterocycles. The second kappa shape index (κ2) is 5.06. The summed E-state index contributed by atoms with van der Waals surface area (Å²) in [7, 11) is 0. The summed E-state index contributed by atoms with van der Waals surface area (Å²) < 4.78 is 1.12. The van der Waals surface area contributed by atoms with E-state index in [2.05, 4.69) is 20.4 Å². The molecular formula is C16H17ClN4OS. The Hall–Kier alpha value is -1.37. The monoisotopic (exact) mass is 348 g/mol. The number of rotatable bonds is 1. The van der Waals surface area contributed by atoms with Gasteiger partial charge in [0.1, 0.15) is 0 Å². The van der Waals surface area contributed by atoms with Gasteiger partial charge in [-0.2, -0.15) is 0 Å². The van der Waals surface area contributed by atoms with Gasteiger partial charge in [0.2, 0.25) is 0 Å². The van der Waals surface area contributed by atoms with Crippen LogP contribution >= 0.6 is 22.9 Å². The number of oxime groups is 1. The van der Waals surface area contributed by atoms with Crippen molar-refractivity contribution < 1.29 is 4.84 Å². The van der Waals surface area contributed by atoms with E-state index in [1.165, 1.54) is 25.9 Å². The molecule has 120 valence electrons. The first kappa shape index (κ1) is 14.0. The van der Waals surface area contributed by atoms with E-state index < -0.39 is 0 Å². The molecule has 0 saturated carbocycles. The van der Waals surface area contributed by atoms with Gasteiger partial charge in [-0.25, -0.2) is 4.98 Å². The second-order valence-corrected chi connectivity index (χ2v) is 8.14. The third-order valence-electron chi connectivity index (χ3n) is 5.23. The van der Waals surface area contributed by atoms with Crippen LogP contribution in [0.2, 0.25) is 5.02 Å². The molecule has 1 aromatic carbocycles. The number of halogens is 1. The molecule has 1 spiro atoms. The van der Waals surface area contributed by atoms with Gasteiger partial charge in [0.25, 0.3) is 0 Å². The van der Waals surface area contributed by atoms with Gasteiger partial charge in [-0.3, -0.25) is 4.90 Å². The number of nitrogens with zero attached hydrogens (tertiary/aromatic N) is 3. The third-order valence-corrected chi connectivity index (χ3v) is 6.41. The van der Waals surface area contributed by atoms with Crippen molar-refractivity contribution in [2.75, 3.05) is 25.0 Å². The minimum absolute atomic E-state index is 0.112. The normalized spacial score (nSPS) is 32.3. The Balaban J connectivity index is 1.35. The summed E-state index contributed by atoms with van der Waals surface area (Å²) >= 11 is 7.64. The van der Waals surface area contributed by atoms with Crippen molar-refractivity contribution in [2.24, 2.45) is 11.1 Å². The Morgan fingerprint density at radius 3 is 3.00 bits per heavy atom. The lowest BCUT2D eigenvalue weighted by atomic mass is 9.73. The molecule has 4 aliphatic rings. The first-order chi connectivity index (χ1) is 11.2. The summed E-state index contributed by atoms with van der Waals surface area (Å²) in [6.07, 6.45) is 3.30. The highest BCUT2D eigenvalue weighted by Crippen LogP contribution is 2.43. The van der Waals surface area contributed by atoms with Gasteiger partial charge in [-0.1, -0.05) is 28.1 Å². The quantitative estimate of drug-likeness (QED) is 0.856. The number of hydrogen-bond acceptors (Lipinski definition) is 6. The molecule has 1 aromatic heterocycles. The van der Waals surface area contributed by atoms with Gasteiger partial charge in [0, 0.05) is 17.5 Å². The molecule has 0 radical (unpaired) electrons. The molecule has 23 heavy (non-hydrogen) atoms. The maximum absolute atomic E-state index is 6.03. The van der Waals surface area contributed by atoms with Crippen molar-refractivity contribution in [1.29, 1.82) is 0 Å². The zero-order valence-electron chi connectivity index (χ0n) is 12.6. The molecule has 7 heteroatoms. The Bertz CT molecular complexity index is 798. The zero-order valence-corrected chi connectivity index (χ0v) is 14.2. The van der Waals surface area contributed by atoms with E-state index in [1.807, 2.05) is 18.2 Å². The summed E-state index contributed by atoms with van der Waals surface area (Å²) in [6, 6.07) is 5.78. The minimum Gasteiger partial charge on any atom is -0.386 e. The first-order valence-electron chi connectivity index (χ1n) is 8.01. The number of benzene rings is 1. The van der Waals surface area contributed by atoms with Crippen molar-refractivity contribution in [1.82, 2.24) is 9.88 Å². The van der Waals surface area contributed by atoms with Gasteiger partial charge in [0.15, 0.2) is 16.6 Å². The van der Waals surface area contributed by atoms with Gasteiger partial charge in [0.05, 0.1) is 16.6 Å². The molecule has 2 aromatic rings. The fourth-order valence-electron chi connectivity index (χ4n) is 4.07. The van der Waals surface area contributed by atoms with E-state index >= 15 is 0 Å². The van der Waals surface area contributed by atoms with E-state index in [0.717, 1.165) is 34.1 Å². The van der Waals surface area contributed by atoms with Crippen LogP contribution in [0.1, 0.15) is 19.3 Å². The van der Waals surface area contributed by atoms with E-state index in [-0.39, 0.29) is 5.60 Å². The molecule has 6 rings (SSSR count). The SMILES string of the molecule is Clc1ccc2sc(NC3=NOC4(C3)CN3CCC4CC3)nc2c1. The lowest BCUT2D eigenvalue weighted by molar-refractivity contribution is -0.136. The number of nitrogens with one attached hydrogen (secondary N) is 1. The Labute approximate surface area is 143 Å². The summed E-state index contributed by atoms with van der Waals surface area (Å²) in [5.41, 5.74) is 0.806. The third kappa shape index (κ3) is 2.31. The number of aromatic nitrogens is 1. The van der Waals surface area contributed by atoms with Crippen molar-refractivity contribution in [2.45, 2.75) is 24.9 Å². The second-order valence-electron chi connectivity index (χ2n) is 6.68. The number of piperidine rings is 3. The average Bonchev–Trinajstić information content (AvgIpc) is 3.12. The van der Waals surface area contributed by atoms with Crippen LogP contribution in [0.3, 0.4) is 0 Å². The predicted octanol–water partition coefficient (Wildman–Crippen LogP) is 3.56. The van der Waals surface area contributed by atoms with Crippen LogP contribution in [0, 0.1) is 5.92 Å². The van der Waals surface area contributed by atoms with Crippen LogP contribution < -0.4 is 5.32 Å². The highest BCUT2D eigenvalue weighted by Gasteiger charge is 2.52. The lowest BCUT2D eigenvalue weighted by Crippen LogP contribution is -2.59. The lowest BCUT2D eigenvalue weighted by Gasteiger charge is -2.49. The maximum atomic E-state index is 6.03. The van der Waals surface area contributed by atoms with Crippen LogP contribution in [0.5, 0.6) is 0 Å². The molecule has 2 bridgehead atoms. The molecule has 1 unspecified atom stereocenters. The molecule has 5 heterocycles. The molecule has 0 amide bonds. The van der Waals surface area contributed by atoms with Crippen LogP contribution in [0.25, 0.3) is 10.2 Å². The highest BCUT2D eigenvalue weighted by molar-refractivity contribution is 7.22. The van der Waals surface area contributed by atoms with Crippen LogP contribution in [0.15, 0.2) is 23.4 Å². The van der Waals surface area contributed by atoms with Crippen LogP contribution in [-0.4, -0.2) is 41.0 Å². The largest absolute Gasteiger partial charge is 0.386 e. The van der Waals surface area contributed by atoms with E-state index in [1.54, 1.807) is 11.3 Å². The van der Waals surface area contributed by atoms with Crippen molar-refractivity contribution >= 4 is 44.1 Å². The van der Waals surface area contributed by atoms with Crippen molar-refractivity contribution in [3.63, 3.8) is 0 Å². The van der Waals surface area contributed by atoms with Gasteiger partial charge >= 0.3 is 0 Å². The van der Waals surface area contributed by atoms with E-state index in [0.29, 0.717) is 10.9 Å². The standard InChI is InChI=1S/C16H17ClN4OS/c17-11-1-2-13-12(7-11)18-15(23-13)19-14-8-16(22-20-14)9-21-5-3-10(16)4-6-21/h1-2,7,10H,3-6,8-9H2,(H,18,19,20). The first-order valence-corrected chi connectivity index (χ1v) is 9.20. The van der Waals surface area contributed by atoms with Crippen molar-refractivity contribution in [3.8, 4) is 0 Å². The van der Waals surface area contributed by atoms with E-state index in [9.17, 15) is 0 Å². The molecule has 0 aliphatic carbocycles. The number of fused-ring (bicyclic) bond motifs is 3. The summed E-state index contributed by atoms with van der Waals surface area (Å²) in [6.45, 7) is 3.41. The Morgan fingerprint density at radius 1 is 1.35 bits per heavy atom. The van der Waals surface area contributed by atoms with Gasteiger partial charge in [-0.05, 0) is 44.1 Å². The maximum Gasteiger partial charge on any atom is 0.189 e. The van der Waals surface area contributed by atoms with Gasteiger partial charge in [-0.15, -0.1) is 0 Å². The number of thiazole rings is 1. The molecular weight excluding hydrogens is 332 g/mol. The molecule has 4 aliphatic heterocycles. The number of amidine groups is 1. The fraction of sp³-hybridized carbons (Fsp3) is 0.500. The molecule has 5 nitrogen and oxygen atoms in total. The van der Waals surface area contributed by atoms with Gasteiger partial charge < -0.3 is 10.2 Å². The number of hydrogen-bond donors (Lipinski definition) is 1. The molecule has 3 fully saturated rings. The average molecular weight is 349 g/mol. The predicted molar refractivity (Wildman–Crippen MR) is 93.3 cm³/mol.